The number of hydroxylamine groups is 3. The van der Waals surface area contributed by atoms with Crippen LogP contribution in [0.15, 0.2) is 0 Å². The molecule has 0 aromatic heterocycles. The molecular weight excluding hydrogens is 236 g/mol. The summed E-state index contributed by atoms with van der Waals surface area (Å²) in [7, 11) is 0. The number of piperidine rings is 2. The maximum atomic E-state index is 12.3. The van der Waals surface area contributed by atoms with E-state index in [1.807, 2.05) is 0 Å². The lowest BCUT2D eigenvalue weighted by molar-refractivity contribution is -0.884. The molecule has 2 fully saturated rings. The summed E-state index contributed by atoms with van der Waals surface area (Å²) < 4.78 is 0.0938. The minimum absolute atomic E-state index is 0. The fourth-order valence-corrected chi connectivity index (χ4v) is 2.82. The predicted molar refractivity (Wildman–Crippen MR) is 73.2 cm³/mol. The summed E-state index contributed by atoms with van der Waals surface area (Å²) in [6, 6.07) is 0. The number of hydrogen-bond donors (Lipinski definition) is 0. The van der Waals surface area contributed by atoms with Crippen LogP contribution in [0, 0.1) is 5.21 Å². The van der Waals surface area contributed by atoms with Crippen molar-refractivity contribution >= 4 is 0 Å². The summed E-state index contributed by atoms with van der Waals surface area (Å²) in [5.74, 6) is 0. The smallest absolute Gasteiger partial charge is 0.0913 e. The minimum Gasteiger partial charge on any atom is -0.633 e. The van der Waals surface area contributed by atoms with Crippen molar-refractivity contribution in [2.45, 2.75) is 38.5 Å². The van der Waals surface area contributed by atoms with Gasteiger partial charge in [0.15, 0.2) is 0 Å². The van der Waals surface area contributed by atoms with E-state index in [0.717, 1.165) is 39.0 Å². The van der Waals surface area contributed by atoms with Crippen molar-refractivity contribution in [3.05, 3.63) is 5.21 Å². The van der Waals surface area contributed by atoms with Crippen LogP contribution < -0.4 is 0 Å². The average molecular weight is 266 g/mol. The van der Waals surface area contributed by atoms with Gasteiger partial charge >= 0.3 is 0 Å². The topological polar surface area (TPSA) is 121 Å². The maximum absolute atomic E-state index is 12.3. The molecule has 6 N–H and O–H groups in total. The summed E-state index contributed by atoms with van der Waals surface area (Å²) in [5, 5.41) is 12.3. The predicted octanol–water partition coefficient (Wildman–Crippen LogP) is -0.503. The summed E-state index contributed by atoms with van der Waals surface area (Å²) in [5.41, 5.74) is 0. The molecule has 2 aliphatic rings. The first kappa shape index (κ1) is 20.1. The second kappa shape index (κ2) is 9.66. The van der Waals surface area contributed by atoms with Crippen LogP contribution in [0.2, 0.25) is 0 Å². The Morgan fingerprint density at radius 1 is 0.778 bits per heavy atom. The standard InChI is InChI=1S/C12H24N2O.3H2O/c15-14(10-5-2-6-11-14)12-9-13-7-3-1-4-8-13;;;/h1-12H2;3*1H2. The van der Waals surface area contributed by atoms with Crippen molar-refractivity contribution in [1.82, 2.24) is 4.90 Å². The van der Waals surface area contributed by atoms with Crippen LogP contribution in [0.25, 0.3) is 0 Å². The molecule has 0 spiro atoms. The van der Waals surface area contributed by atoms with Gasteiger partial charge in [0.25, 0.3) is 0 Å². The van der Waals surface area contributed by atoms with Gasteiger partial charge in [-0.25, -0.2) is 0 Å². The molecule has 0 aliphatic carbocycles. The van der Waals surface area contributed by atoms with E-state index in [9.17, 15) is 5.21 Å². The highest BCUT2D eigenvalue weighted by molar-refractivity contribution is 4.65. The fraction of sp³-hybridized carbons (Fsp3) is 1.00. The monoisotopic (exact) mass is 266 g/mol. The van der Waals surface area contributed by atoms with E-state index >= 15 is 0 Å². The van der Waals surface area contributed by atoms with Gasteiger partial charge in [0.05, 0.1) is 19.6 Å². The Morgan fingerprint density at radius 3 is 1.83 bits per heavy atom. The molecule has 2 aliphatic heterocycles. The Balaban J connectivity index is 0. The molecule has 6 nitrogen and oxygen atoms in total. The zero-order valence-corrected chi connectivity index (χ0v) is 11.3. The van der Waals surface area contributed by atoms with Crippen LogP contribution in [-0.2, 0) is 0 Å². The second-order valence-corrected chi connectivity index (χ2v) is 5.19. The third-order valence-corrected chi connectivity index (χ3v) is 3.90. The van der Waals surface area contributed by atoms with Crippen molar-refractivity contribution in [2.24, 2.45) is 0 Å². The van der Waals surface area contributed by atoms with Gasteiger partial charge in [-0.1, -0.05) is 6.42 Å². The summed E-state index contributed by atoms with van der Waals surface area (Å²) in [6.07, 6.45) is 7.60. The van der Waals surface area contributed by atoms with E-state index in [1.165, 1.54) is 38.8 Å². The Morgan fingerprint density at radius 2 is 1.28 bits per heavy atom. The van der Waals surface area contributed by atoms with Crippen LogP contribution in [0.4, 0.5) is 0 Å². The van der Waals surface area contributed by atoms with Gasteiger partial charge in [0.2, 0.25) is 0 Å². The first-order chi connectivity index (χ1) is 7.29. The number of likely N-dealkylation sites (tertiary alicyclic amines) is 2. The highest BCUT2D eigenvalue weighted by atomic mass is 16.5. The molecule has 2 rings (SSSR count). The van der Waals surface area contributed by atoms with Crippen molar-refractivity contribution in [3.8, 4) is 0 Å². The molecular formula is C12H30N2O4. The zero-order valence-electron chi connectivity index (χ0n) is 11.3. The number of quaternary nitrogens is 1. The zero-order chi connectivity index (χ0) is 10.6. The molecule has 0 radical (unpaired) electrons. The normalized spacial score (nSPS) is 23.2. The van der Waals surface area contributed by atoms with Crippen LogP contribution in [-0.4, -0.2) is 65.2 Å². The van der Waals surface area contributed by atoms with Gasteiger partial charge in [0.1, 0.15) is 0 Å². The van der Waals surface area contributed by atoms with Crippen LogP contribution in [0.1, 0.15) is 38.5 Å². The SMILES string of the molecule is O.O.O.[O-][N+]1(CCN2CCCCC2)CCCCC1. The molecule has 0 unspecified atom stereocenters. The summed E-state index contributed by atoms with van der Waals surface area (Å²) in [6.45, 7) is 6.05. The van der Waals surface area contributed by atoms with Crippen molar-refractivity contribution in [3.63, 3.8) is 0 Å². The lowest BCUT2D eigenvalue weighted by Gasteiger charge is -2.46. The lowest BCUT2D eigenvalue weighted by Crippen LogP contribution is -2.50. The van der Waals surface area contributed by atoms with E-state index < -0.39 is 0 Å². The van der Waals surface area contributed by atoms with Gasteiger partial charge < -0.3 is 26.3 Å². The number of rotatable bonds is 3. The summed E-state index contributed by atoms with van der Waals surface area (Å²) in [4.78, 5) is 2.48. The third-order valence-electron chi connectivity index (χ3n) is 3.90. The molecule has 0 amide bonds. The highest BCUT2D eigenvalue weighted by Crippen LogP contribution is 2.17. The maximum Gasteiger partial charge on any atom is 0.0913 e. The highest BCUT2D eigenvalue weighted by Gasteiger charge is 2.21. The molecule has 2 saturated heterocycles. The molecule has 0 bridgehead atoms. The number of hydrogen-bond acceptors (Lipinski definition) is 2. The Kier molecular flexibility index (Phi) is 10.8. The molecule has 112 valence electrons. The molecule has 0 atom stereocenters. The molecule has 0 saturated carbocycles. The van der Waals surface area contributed by atoms with Gasteiger partial charge in [0, 0.05) is 6.54 Å². The third kappa shape index (κ3) is 6.08. The first-order valence-corrected chi connectivity index (χ1v) is 6.58. The minimum atomic E-state index is 0. The Hall–Kier alpha value is -0.240. The van der Waals surface area contributed by atoms with Gasteiger partial charge in [-0.15, -0.1) is 0 Å². The Labute approximate surface area is 110 Å². The summed E-state index contributed by atoms with van der Waals surface area (Å²) >= 11 is 0. The molecule has 6 heteroatoms. The second-order valence-electron chi connectivity index (χ2n) is 5.19. The van der Waals surface area contributed by atoms with Crippen LogP contribution in [0.5, 0.6) is 0 Å². The van der Waals surface area contributed by atoms with E-state index in [2.05, 4.69) is 4.90 Å². The van der Waals surface area contributed by atoms with E-state index in [4.69, 9.17) is 0 Å². The van der Waals surface area contributed by atoms with E-state index in [1.54, 1.807) is 0 Å². The molecule has 2 heterocycles. The quantitative estimate of drug-likeness (QED) is 0.505. The molecule has 0 aromatic carbocycles. The molecule has 0 aromatic rings. The number of nitrogens with zero attached hydrogens (tertiary/aromatic N) is 2. The van der Waals surface area contributed by atoms with E-state index in [-0.39, 0.29) is 21.1 Å². The van der Waals surface area contributed by atoms with Crippen LogP contribution >= 0.6 is 0 Å². The van der Waals surface area contributed by atoms with Gasteiger partial charge in [-0.3, -0.25) is 4.90 Å². The van der Waals surface area contributed by atoms with Crippen molar-refractivity contribution < 1.29 is 21.1 Å². The van der Waals surface area contributed by atoms with Gasteiger partial charge in [-0.05, 0) is 45.2 Å². The van der Waals surface area contributed by atoms with E-state index in [0.29, 0.717) is 0 Å². The largest absolute Gasteiger partial charge is 0.633 e. The van der Waals surface area contributed by atoms with Crippen LogP contribution in [0.3, 0.4) is 0 Å². The van der Waals surface area contributed by atoms with Gasteiger partial charge in [-0.2, -0.15) is 0 Å². The fourth-order valence-electron chi connectivity index (χ4n) is 2.82. The first-order valence-electron chi connectivity index (χ1n) is 6.58. The Bertz CT molecular complexity index is 193. The van der Waals surface area contributed by atoms with Crippen molar-refractivity contribution in [2.75, 3.05) is 39.3 Å². The van der Waals surface area contributed by atoms with Crippen molar-refractivity contribution in [1.29, 1.82) is 0 Å². The average Bonchev–Trinajstić information content (AvgIpc) is 2.29. The molecule has 18 heavy (non-hydrogen) atoms. The lowest BCUT2D eigenvalue weighted by atomic mass is 10.1.